The molecule has 2 saturated carbocycles. The Morgan fingerprint density at radius 2 is 1.83 bits per heavy atom. The summed E-state index contributed by atoms with van der Waals surface area (Å²) in [5, 5.41) is 5.15. The molecular weight excluding hydrogens is 232 g/mol. The minimum absolute atomic E-state index is 0.0517. The predicted octanol–water partition coefficient (Wildman–Crippen LogP) is 0.531. The van der Waals surface area contributed by atoms with Gasteiger partial charge in [-0.2, -0.15) is 0 Å². The first-order valence-electron chi connectivity index (χ1n) is 6.78. The van der Waals surface area contributed by atoms with Crippen LogP contribution in [0.4, 0.5) is 0 Å². The van der Waals surface area contributed by atoms with Crippen molar-refractivity contribution in [2.24, 2.45) is 5.92 Å². The highest BCUT2D eigenvalue weighted by Crippen LogP contribution is 2.27. The standard InChI is InChI=1S/C13H20N2O3/c16-11-5-3-1-2-4-10(11)15-13(18)12(17)14-8-9-6-7-9/h9-10H,1-8H2,(H,14,17)(H,15,18). The molecule has 2 aliphatic carbocycles. The minimum atomic E-state index is -0.670. The molecule has 2 amide bonds. The fraction of sp³-hybridized carbons (Fsp3) is 0.769. The van der Waals surface area contributed by atoms with Gasteiger partial charge in [0.25, 0.3) is 0 Å². The lowest BCUT2D eigenvalue weighted by Gasteiger charge is -2.14. The second kappa shape index (κ2) is 5.98. The van der Waals surface area contributed by atoms with Crippen LogP contribution >= 0.6 is 0 Å². The fourth-order valence-corrected chi connectivity index (χ4v) is 2.18. The van der Waals surface area contributed by atoms with Crippen LogP contribution in [0.1, 0.15) is 44.9 Å². The lowest BCUT2D eigenvalue weighted by molar-refractivity contribution is -0.140. The highest BCUT2D eigenvalue weighted by Gasteiger charge is 2.27. The third-order valence-corrected chi connectivity index (χ3v) is 3.56. The van der Waals surface area contributed by atoms with E-state index < -0.39 is 17.9 Å². The Balaban J connectivity index is 1.77. The Morgan fingerprint density at radius 3 is 2.56 bits per heavy atom. The normalized spacial score (nSPS) is 24.2. The highest BCUT2D eigenvalue weighted by atomic mass is 16.2. The van der Waals surface area contributed by atoms with Crippen LogP contribution in [0.5, 0.6) is 0 Å². The van der Waals surface area contributed by atoms with Gasteiger partial charge in [0.15, 0.2) is 5.78 Å². The van der Waals surface area contributed by atoms with Crippen molar-refractivity contribution >= 4 is 17.6 Å². The van der Waals surface area contributed by atoms with Gasteiger partial charge >= 0.3 is 11.8 Å². The van der Waals surface area contributed by atoms with E-state index in [-0.39, 0.29) is 5.78 Å². The highest BCUT2D eigenvalue weighted by molar-refractivity contribution is 6.35. The Morgan fingerprint density at radius 1 is 1.06 bits per heavy atom. The lowest BCUT2D eigenvalue weighted by Crippen LogP contribution is -2.47. The summed E-state index contributed by atoms with van der Waals surface area (Å²) in [7, 11) is 0. The summed E-state index contributed by atoms with van der Waals surface area (Å²) in [6.07, 6.45) is 6.26. The van der Waals surface area contributed by atoms with Gasteiger partial charge in [-0.1, -0.05) is 12.8 Å². The van der Waals surface area contributed by atoms with Gasteiger partial charge in [0, 0.05) is 13.0 Å². The molecule has 0 radical (unpaired) electrons. The van der Waals surface area contributed by atoms with Gasteiger partial charge in [-0.25, -0.2) is 0 Å². The van der Waals surface area contributed by atoms with Crippen LogP contribution < -0.4 is 10.6 Å². The number of hydrogen-bond acceptors (Lipinski definition) is 3. The van der Waals surface area contributed by atoms with Crippen molar-refractivity contribution in [1.82, 2.24) is 10.6 Å². The molecule has 2 rings (SSSR count). The Labute approximate surface area is 107 Å². The maximum atomic E-state index is 11.7. The molecule has 18 heavy (non-hydrogen) atoms. The zero-order valence-corrected chi connectivity index (χ0v) is 10.5. The number of rotatable bonds is 3. The van der Waals surface area contributed by atoms with E-state index in [1.807, 2.05) is 0 Å². The topological polar surface area (TPSA) is 75.3 Å². The van der Waals surface area contributed by atoms with E-state index in [2.05, 4.69) is 10.6 Å². The number of ketones is 1. The van der Waals surface area contributed by atoms with Gasteiger partial charge in [0.1, 0.15) is 0 Å². The first-order chi connectivity index (χ1) is 8.66. The largest absolute Gasteiger partial charge is 0.348 e. The second-order valence-corrected chi connectivity index (χ2v) is 5.25. The molecule has 2 N–H and O–H groups in total. The van der Waals surface area contributed by atoms with Crippen molar-refractivity contribution in [3.8, 4) is 0 Å². The third kappa shape index (κ3) is 3.82. The summed E-state index contributed by atoms with van der Waals surface area (Å²) < 4.78 is 0. The van der Waals surface area contributed by atoms with Crippen molar-refractivity contribution < 1.29 is 14.4 Å². The van der Waals surface area contributed by atoms with Crippen LogP contribution in [0.2, 0.25) is 0 Å². The molecular formula is C13H20N2O3. The van der Waals surface area contributed by atoms with Gasteiger partial charge in [-0.3, -0.25) is 14.4 Å². The monoisotopic (exact) mass is 252 g/mol. The number of carbonyl (C=O) groups excluding carboxylic acids is 3. The van der Waals surface area contributed by atoms with Crippen molar-refractivity contribution in [3.05, 3.63) is 0 Å². The molecule has 5 nitrogen and oxygen atoms in total. The predicted molar refractivity (Wildman–Crippen MR) is 65.8 cm³/mol. The van der Waals surface area contributed by atoms with Gasteiger partial charge in [0.05, 0.1) is 6.04 Å². The van der Waals surface area contributed by atoms with Crippen molar-refractivity contribution in [2.45, 2.75) is 51.0 Å². The van der Waals surface area contributed by atoms with Gasteiger partial charge < -0.3 is 10.6 Å². The maximum Gasteiger partial charge on any atom is 0.309 e. The molecule has 100 valence electrons. The summed E-state index contributed by atoms with van der Waals surface area (Å²) in [4.78, 5) is 34.8. The number of hydrogen-bond donors (Lipinski definition) is 2. The summed E-state index contributed by atoms with van der Waals surface area (Å²) in [5.41, 5.74) is 0. The number of amides is 2. The number of Topliss-reactive ketones (excluding diaryl/α,β-unsaturated/α-hetero) is 1. The fourth-order valence-electron chi connectivity index (χ4n) is 2.18. The Kier molecular flexibility index (Phi) is 4.33. The molecule has 0 bridgehead atoms. The molecule has 0 aliphatic heterocycles. The van der Waals surface area contributed by atoms with Crippen LogP contribution in [0.3, 0.4) is 0 Å². The molecule has 2 aliphatic rings. The molecule has 0 aromatic rings. The van der Waals surface area contributed by atoms with Crippen molar-refractivity contribution in [2.75, 3.05) is 6.54 Å². The SMILES string of the molecule is O=C(NCC1CC1)C(=O)NC1CCCCCC1=O. The lowest BCUT2D eigenvalue weighted by atomic mass is 10.1. The molecule has 0 spiro atoms. The average molecular weight is 252 g/mol. The number of nitrogens with one attached hydrogen (secondary N) is 2. The average Bonchev–Trinajstić information content (AvgIpc) is 3.17. The van der Waals surface area contributed by atoms with E-state index in [0.29, 0.717) is 25.3 Å². The quantitative estimate of drug-likeness (QED) is 0.568. The first-order valence-corrected chi connectivity index (χ1v) is 6.78. The van der Waals surface area contributed by atoms with E-state index in [4.69, 9.17) is 0 Å². The molecule has 2 fully saturated rings. The molecule has 5 heteroatoms. The van der Waals surface area contributed by atoms with E-state index in [1.165, 1.54) is 0 Å². The molecule has 0 aromatic carbocycles. The minimum Gasteiger partial charge on any atom is -0.348 e. The van der Waals surface area contributed by atoms with Crippen molar-refractivity contribution in [3.63, 3.8) is 0 Å². The zero-order chi connectivity index (χ0) is 13.0. The van der Waals surface area contributed by atoms with E-state index >= 15 is 0 Å². The van der Waals surface area contributed by atoms with E-state index in [9.17, 15) is 14.4 Å². The van der Waals surface area contributed by atoms with Crippen molar-refractivity contribution in [1.29, 1.82) is 0 Å². The third-order valence-electron chi connectivity index (χ3n) is 3.56. The van der Waals surface area contributed by atoms with Crippen LogP contribution in [0, 0.1) is 5.92 Å². The molecule has 0 saturated heterocycles. The summed E-state index contributed by atoms with van der Waals surface area (Å²) in [6.45, 7) is 0.574. The van der Waals surface area contributed by atoms with Crippen LogP contribution in [0.15, 0.2) is 0 Å². The van der Waals surface area contributed by atoms with Crippen LogP contribution in [0.25, 0.3) is 0 Å². The molecule has 1 atom stereocenters. The van der Waals surface area contributed by atoms with Gasteiger partial charge in [-0.15, -0.1) is 0 Å². The number of carbonyl (C=O) groups is 3. The van der Waals surface area contributed by atoms with Crippen LogP contribution in [-0.2, 0) is 14.4 Å². The molecule has 0 heterocycles. The van der Waals surface area contributed by atoms with Gasteiger partial charge in [0.2, 0.25) is 0 Å². The molecule has 1 unspecified atom stereocenters. The molecule has 0 aromatic heterocycles. The first kappa shape index (κ1) is 13.1. The van der Waals surface area contributed by atoms with Crippen LogP contribution in [-0.4, -0.2) is 30.2 Å². The zero-order valence-electron chi connectivity index (χ0n) is 10.5. The maximum absolute atomic E-state index is 11.7. The van der Waals surface area contributed by atoms with E-state index in [0.717, 1.165) is 32.1 Å². The summed E-state index contributed by atoms with van der Waals surface area (Å²) in [5.74, 6) is -0.688. The summed E-state index contributed by atoms with van der Waals surface area (Å²) in [6, 6.07) is -0.466. The van der Waals surface area contributed by atoms with Gasteiger partial charge in [-0.05, 0) is 31.6 Å². The Bertz CT molecular complexity index is 350. The second-order valence-electron chi connectivity index (χ2n) is 5.25. The summed E-state index contributed by atoms with van der Waals surface area (Å²) >= 11 is 0. The smallest absolute Gasteiger partial charge is 0.309 e. The Hall–Kier alpha value is -1.39. The van der Waals surface area contributed by atoms with E-state index in [1.54, 1.807) is 0 Å².